The lowest BCUT2D eigenvalue weighted by Gasteiger charge is -2.34. The predicted octanol–water partition coefficient (Wildman–Crippen LogP) is 2.16. The molecule has 1 fully saturated rings. The van der Waals surface area contributed by atoms with Crippen molar-refractivity contribution < 1.29 is 13.5 Å². The normalized spacial score (nSPS) is 20.6. The van der Waals surface area contributed by atoms with Crippen molar-refractivity contribution in [3.8, 4) is 0 Å². The summed E-state index contributed by atoms with van der Waals surface area (Å²) < 4.78 is 32.4. The summed E-state index contributed by atoms with van der Waals surface area (Å²) in [6.45, 7) is 3.58. The summed E-state index contributed by atoms with van der Waals surface area (Å²) in [7, 11) is 0. The average molecular weight is 242 g/mol. The highest BCUT2D eigenvalue weighted by molar-refractivity contribution is 5.68. The fourth-order valence-corrected chi connectivity index (χ4v) is 2.05. The van der Waals surface area contributed by atoms with E-state index in [-0.39, 0.29) is 17.5 Å². The molecule has 5 heteroatoms. The van der Waals surface area contributed by atoms with Gasteiger partial charge in [-0.3, -0.25) is 0 Å². The van der Waals surface area contributed by atoms with Crippen molar-refractivity contribution in [2.24, 2.45) is 0 Å². The number of nitrogens with two attached hydrogens (primary N) is 1. The van der Waals surface area contributed by atoms with E-state index in [4.69, 9.17) is 10.5 Å². The van der Waals surface area contributed by atoms with Crippen LogP contribution < -0.4 is 10.6 Å². The number of benzene rings is 1. The van der Waals surface area contributed by atoms with E-state index in [1.807, 2.05) is 6.92 Å². The average Bonchev–Trinajstić information content (AvgIpc) is 2.35. The second kappa shape index (κ2) is 4.87. The van der Waals surface area contributed by atoms with E-state index in [2.05, 4.69) is 0 Å². The summed E-state index contributed by atoms with van der Waals surface area (Å²) in [5.74, 6) is -1.74. The van der Waals surface area contributed by atoms with Crippen LogP contribution in [-0.4, -0.2) is 25.8 Å². The molecule has 1 aromatic rings. The minimum Gasteiger partial charge on any atom is -0.397 e. The summed E-state index contributed by atoms with van der Waals surface area (Å²) in [6.07, 6.45) is 0.888. The maximum absolute atomic E-state index is 13.7. The standard InChI is InChI=1S/C12H16F2N2O/c1-2-8-7-16(5-6-17-8)12-10(15)4-3-9(13)11(12)14/h3-4,8H,2,5-7,15H2,1H3. The van der Waals surface area contributed by atoms with Gasteiger partial charge in [0.25, 0.3) is 0 Å². The van der Waals surface area contributed by atoms with Crippen molar-refractivity contribution in [1.29, 1.82) is 0 Å². The topological polar surface area (TPSA) is 38.5 Å². The van der Waals surface area contributed by atoms with Crippen molar-refractivity contribution in [3.05, 3.63) is 23.8 Å². The van der Waals surface area contributed by atoms with Crippen LogP contribution in [0.15, 0.2) is 12.1 Å². The summed E-state index contributed by atoms with van der Waals surface area (Å²) in [4.78, 5) is 1.76. The lowest BCUT2D eigenvalue weighted by atomic mass is 10.1. The van der Waals surface area contributed by atoms with E-state index in [0.717, 1.165) is 12.5 Å². The molecule has 2 N–H and O–H groups in total. The van der Waals surface area contributed by atoms with Gasteiger partial charge in [-0.2, -0.15) is 0 Å². The summed E-state index contributed by atoms with van der Waals surface area (Å²) >= 11 is 0. The second-order valence-corrected chi connectivity index (χ2v) is 4.15. The Kier molecular flexibility index (Phi) is 3.47. The highest BCUT2D eigenvalue weighted by atomic mass is 19.2. The molecule has 17 heavy (non-hydrogen) atoms. The number of rotatable bonds is 2. The van der Waals surface area contributed by atoms with E-state index in [1.54, 1.807) is 4.90 Å². The molecular formula is C12H16F2N2O. The lowest BCUT2D eigenvalue weighted by Crippen LogP contribution is -2.43. The van der Waals surface area contributed by atoms with Crippen LogP contribution in [0.2, 0.25) is 0 Å². The number of anilines is 2. The van der Waals surface area contributed by atoms with Crippen molar-refractivity contribution in [2.75, 3.05) is 30.3 Å². The van der Waals surface area contributed by atoms with E-state index in [1.165, 1.54) is 6.07 Å². The molecule has 1 saturated heterocycles. The number of nitrogen functional groups attached to an aromatic ring is 1. The highest BCUT2D eigenvalue weighted by Gasteiger charge is 2.24. The first-order valence-corrected chi connectivity index (χ1v) is 5.73. The van der Waals surface area contributed by atoms with E-state index >= 15 is 0 Å². The van der Waals surface area contributed by atoms with Gasteiger partial charge in [0.15, 0.2) is 11.6 Å². The lowest BCUT2D eigenvalue weighted by molar-refractivity contribution is 0.0382. The molecule has 0 aliphatic carbocycles. The van der Waals surface area contributed by atoms with Crippen LogP contribution in [0.5, 0.6) is 0 Å². The van der Waals surface area contributed by atoms with Crippen LogP contribution in [0.4, 0.5) is 20.2 Å². The zero-order valence-corrected chi connectivity index (χ0v) is 9.75. The van der Waals surface area contributed by atoms with Gasteiger partial charge in [0.1, 0.15) is 0 Å². The molecule has 1 aromatic carbocycles. The smallest absolute Gasteiger partial charge is 0.184 e. The Morgan fingerprint density at radius 1 is 1.47 bits per heavy atom. The van der Waals surface area contributed by atoms with Gasteiger partial charge in [0.2, 0.25) is 0 Å². The number of nitrogens with zero attached hydrogens (tertiary/aromatic N) is 1. The Bertz CT molecular complexity index is 412. The van der Waals surface area contributed by atoms with Crippen LogP contribution in [0.25, 0.3) is 0 Å². The van der Waals surface area contributed by atoms with Crippen molar-refractivity contribution in [2.45, 2.75) is 19.4 Å². The van der Waals surface area contributed by atoms with Crippen LogP contribution in [0, 0.1) is 11.6 Å². The molecule has 1 aliphatic heterocycles. The quantitative estimate of drug-likeness (QED) is 0.808. The summed E-state index contributed by atoms with van der Waals surface area (Å²) in [5, 5.41) is 0. The molecule has 1 heterocycles. The first-order valence-electron chi connectivity index (χ1n) is 5.73. The monoisotopic (exact) mass is 242 g/mol. The Hall–Kier alpha value is -1.36. The second-order valence-electron chi connectivity index (χ2n) is 4.15. The minimum atomic E-state index is -0.873. The summed E-state index contributed by atoms with van der Waals surface area (Å²) in [6, 6.07) is 2.44. The molecule has 0 bridgehead atoms. The number of ether oxygens (including phenoxy) is 1. The molecule has 0 saturated carbocycles. The number of hydrogen-bond donors (Lipinski definition) is 1. The zero-order valence-electron chi connectivity index (χ0n) is 9.75. The maximum atomic E-state index is 13.7. The molecule has 94 valence electrons. The van der Waals surface area contributed by atoms with Gasteiger partial charge < -0.3 is 15.4 Å². The molecule has 0 radical (unpaired) electrons. The van der Waals surface area contributed by atoms with Crippen molar-refractivity contribution >= 4 is 11.4 Å². The third-order valence-corrected chi connectivity index (χ3v) is 3.01. The van der Waals surface area contributed by atoms with Crippen LogP contribution in [-0.2, 0) is 4.74 Å². The number of morpholine rings is 1. The van der Waals surface area contributed by atoms with Gasteiger partial charge in [0, 0.05) is 13.1 Å². The van der Waals surface area contributed by atoms with Crippen molar-refractivity contribution in [1.82, 2.24) is 0 Å². The molecule has 1 aliphatic rings. The fraction of sp³-hybridized carbons (Fsp3) is 0.500. The zero-order chi connectivity index (χ0) is 12.4. The van der Waals surface area contributed by atoms with E-state index in [9.17, 15) is 8.78 Å². The van der Waals surface area contributed by atoms with Crippen LogP contribution in [0.1, 0.15) is 13.3 Å². The maximum Gasteiger partial charge on any atom is 0.184 e. The molecular weight excluding hydrogens is 226 g/mol. The Morgan fingerprint density at radius 2 is 2.24 bits per heavy atom. The molecule has 2 rings (SSSR count). The molecule has 1 unspecified atom stereocenters. The van der Waals surface area contributed by atoms with Gasteiger partial charge >= 0.3 is 0 Å². The van der Waals surface area contributed by atoms with Crippen LogP contribution in [0.3, 0.4) is 0 Å². The number of hydrogen-bond acceptors (Lipinski definition) is 3. The largest absolute Gasteiger partial charge is 0.397 e. The van der Waals surface area contributed by atoms with Gasteiger partial charge in [-0.25, -0.2) is 8.78 Å². The van der Waals surface area contributed by atoms with E-state index < -0.39 is 11.6 Å². The van der Waals surface area contributed by atoms with Gasteiger partial charge in [-0.1, -0.05) is 6.92 Å². The summed E-state index contributed by atoms with van der Waals surface area (Å²) in [5.41, 5.74) is 6.14. The molecule has 1 atom stereocenters. The molecule has 0 aromatic heterocycles. The molecule has 0 spiro atoms. The van der Waals surface area contributed by atoms with Gasteiger partial charge in [-0.05, 0) is 18.6 Å². The van der Waals surface area contributed by atoms with Crippen molar-refractivity contribution in [3.63, 3.8) is 0 Å². The SMILES string of the molecule is CCC1CN(c2c(N)ccc(F)c2F)CCO1. The third kappa shape index (κ3) is 2.34. The molecule has 3 nitrogen and oxygen atoms in total. The molecule has 0 amide bonds. The van der Waals surface area contributed by atoms with Gasteiger partial charge in [0.05, 0.1) is 24.1 Å². The van der Waals surface area contributed by atoms with Crippen LogP contribution >= 0.6 is 0 Å². The Morgan fingerprint density at radius 3 is 2.94 bits per heavy atom. The fourth-order valence-electron chi connectivity index (χ4n) is 2.05. The first kappa shape index (κ1) is 12.1. The van der Waals surface area contributed by atoms with Gasteiger partial charge in [-0.15, -0.1) is 0 Å². The predicted molar refractivity (Wildman–Crippen MR) is 63.0 cm³/mol. The Balaban J connectivity index is 2.30. The van der Waals surface area contributed by atoms with E-state index in [0.29, 0.717) is 19.7 Å². The number of halogens is 2. The highest BCUT2D eigenvalue weighted by Crippen LogP contribution is 2.30. The minimum absolute atomic E-state index is 0.0471. The first-order chi connectivity index (χ1) is 8.13. The third-order valence-electron chi connectivity index (χ3n) is 3.01. The Labute approximate surface area is 99.2 Å².